The molecule has 3 rings (SSSR count). The van der Waals surface area contributed by atoms with Gasteiger partial charge in [0, 0.05) is 0 Å². The van der Waals surface area contributed by atoms with Gasteiger partial charge in [0.05, 0.1) is 0 Å². The van der Waals surface area contributed by atoms with Gasteiger partial charge in [-0.3, -0.25) is 0 Å². The van der Waals surface area contributed by atoms with Crippen molar-refractivity contribution in [3.8, 4) is 0 Å². The van der Waals surface area contributed by atoms with Gasteiger partial charge in [0.2, 0.25) is 0 Å². The van der Waals surface area contributed by atoms with Crippen LogP contribution in [0.2, 0.25) is 14.1 Å². The van der Waals surface area contributed by atoms with Crippen LogP contribution in [0.25, 0.3) is 0 Å². The van der Waals surface area contributed by atoms with E-state index in [1.54, 1.807) is 66.9 Å². The molecular formula is C27H39As. The second kappa shape index (κ2) is 7.36. The van der Waals surface area contributed by atoms with Gasteiger partial charge in [-0.2, -0.15) is 0 Å². The molecule has 28 heavy (non-hydrogen) atoms. The van der Waals surface area contributed by atoms with E-state index in [1.807, 2.05) is 0 Å². The van der Waals surface area contributed by atoms with E-state index in [9.17, 15) is 0 Å². The molecule has 0 N–H and O–H groups in total. The molecule has 0 saturated carbocycles. The molecule has 3 aliphatic carbocycles. The number of hydrogen-bond donors (Lipinski definition) is 0. The van der Waals surface area contributed by atoms with Crippen LogP contribution in [0.5, 0.6) is 0 Å². The monoisotopic (exact) mass is 438 g/mol. The molecule has 0 radical (unpaired) electrons. The van der Waals surface area contributed by atoms with Gasteiger partial charge in [-0.25, -0.2) is 0 Å². The van der Waals surface area contributed by atoms with Gasteiger partial charge < -0.3 is 0 Å². The van der Waals surface area contributed by atoms with Crippen LogP contribution in [0.3, 0.4) is 0 Å². The Bertz CT molecular complexity index is 743. The Kier molecular flexibility index (Phi) is 5.70. The van der Waals surface area contributed by atoms with Crippen LogP contribution in [0.4, 0.5) is 0 Å². The molecule has 0 fully saturated rings. The van der Waals surface area contributed by atoms with Gasteiger partial charge in [0.25, 0.3) is 0 Å². The Morgan fingerprint density at radius 3 is 0.607 bits per heavy atom. The first kappa shape index (κ1) is 21.7. The van der Waals surface area contributed by atoms with Crippen LogP contribution in [-0.2, 0) is 0 Å². The Hall–Kier alpha value is -1.00. The SMILES string of the molecule is CC1=C(C)C([As](C2C(C)=C(C)C(C)=C2C)C2C(C)=C(C)C(C)=C2C)C(C)=C1C. The van der Waals surface area contributed by atoms with Gasteiger partial charge >= 0.3 is 179 Å². The van der Waals surface area contributed by atoms with E-state index in [2.05, 4.69) is 83.1 Å². The Balaban J connectivity index is 2.27. The number of hydrogen-bond acceptors (Lipinski definition) is 0. The van der Waals surface area contributed by atoms with Crippen molar-refractivity contribution in [2.75, 3.05) is 0 Å². The zero-order valence-electron chi connectivity index (χ0n) is 20.2. The predicted octanol–water partition coefficient (Wildman–Crippen LogP) is 8.65. The summed E-state index contributed by atoms with van der Waals surface area (Å²) in [7, 11) is 0. The first-order valence-electron chi connectivity index (χ1n) is 10.8. The van der Waals surface area contributed by atoms with Crippen molar-refractivity contribution in [1.29, 1.82) is 0 Å². The first-order chi connectivity index (χ1) is 12.9. The van der Waals surface area contributed by atoms with Crippen LogP contribution in [0.1, 0.15) is 83.1 Å². The molecule has 0 aromatic heterocycles. The molecule has 0 aromatic rings. The fraction of sp³-hybridized carbons (Fsp3) is 0.556. The van der Waals surface area contributed by atoms with Gasteiger partial charge in [-0.05, 0) is 0 Å². The summed E-state index contributed by atoms with van der Waals surface area (Å²) >= 11 is -1.41. The Morgan fingerprint density at radius 2 is 0.464 bits per heavy atom. The molecule has 0 nitrogen and oxygen atoms in total. The second-order valence-corrected chi connectivity index (χ2v) is 14.6. The molecule has 0 aliphatic heterocycles. The standard InChI is InChI=1S/C27H39As/c1-13-14(2)20(8)25(19(13)7)28(26-21(9)15(3)16(4)22(26)10)27-23(11)17(5)18(6)24(27)12/h25-27H,1-12H3. The Labute approximate surface area is 178 Å². The molecule has 3 aliphatic rings. The van der Waals surface area contributed by atoms with Gasteiger partial charge in [0.15, 0.2) is 0 Å². The summed E-state index contributed by atoms with van der Waals surface area (Å²) in [6.45, 7) is 28.7. The molecule has 0 aromatic carbocycles. The van der Waals surface area contributed by atoms with Crippen molar-refractivity contribution in [2.24, 2.45) is 0 Å². The van der Waals surface area contributed by atoms with Crippen molar-refractivity contribution in [3.63, 3.8) is 0 Å². The van der Waals surface area contributed by atoms with Crippen LogP contribution >= 0.6 is 0 Å². The third-order valence-corrected chi connectivity index (χ3v) is 17.2. The predicted molar refractivity (Wildman–Crippen MR) is 127 cm³/mol. The maximum absolute atomic E-state index is 2.43. The third kappa shape index (κ3) is 2.86. The summed E-state index contributed by atoms with van der Waals surface area (Å²) in [6.07, 6.45) is 0. The van der Waals surface area contributed by atoms with Crippen LogP contribution in [-0.4, -0.2) is 14.7 Å². The van der Waals surface area contributed by atoms with E-state index in [-0.39, 0.29) is 0 Å². The average molecular weight is 439 g/mol. The number of allylic oxidation sites excluding steroid dienone is 12. The van der Waals surface area contributed by atoms with Crippen LogP contribution < -0.4 is 0 Å². The summed E-state index contributed by atoms with van der Waals surface area (Å²) in [5.41, 5.74) is 19.4. The van der Waals surface area contributed by atoms with E-state index in [0.29, 0.717) is 14.1 Å². The van der Waals surface area contributed by atoms with Gasteiger partial charge in [0.1, 0.15) is 0 Å². The normalized spacial score (nSPS) is 23.5. The molecule has 0 amide bonds. The maximum atomic E-state index is 2.43. The summed E-state index contributed by atoms with van der Waals surface area (Å²) < 4.78 is 2.07. The topological polar surface area (TPSA) is 0 Å². The molecule has 0 heterocycles. The van der Waals surface area contributed by atoms with Crippen molar-refractivity contribution in [3.05, 3.63) is 66.9 Å². The number of rotatable bonds is 3. The summed E-state index contributed by atoms with van der Waals surface area (Å²) in [4.78, 5) is 0. The fourth-order valence-corrected chi connectivity index (χ4v) is 15.7. The second-order valence-electron chi connectivity index (χ2n) is 9.50. The molecule has 0 bridgehead atoms. The van der Waals surface area contributed by atoms with Gasteiger partial charge in [-0.15, -0.1) is 0 Å². The van der Waals surface area contributed by atoms with E-state index in [0.717, 1.165) is 0 Å². The molecule has 1 heteroatoms. The summed E-state index contributed by atoms with van der Waals surface area (Å²) in [5, 5.41) is 0. The minimum atomic E-state index is -1.41. The fourth-order valence-electron chi connectivity index (χ4n) is 5.77. The van der Waals surface area contributed by atoms with Crippen molar-refractivity contribution >= 4 is 14.7 Å². The van der Waals surface area contributed by atoms with E-state index in [1.165, 1.54) is 0 Å². The quantitative estimate of drug-likeness (QED) is 0.387. The van der Waals surface area contributed by atoms with Crippen molar-refractivity contribution in [1.82, 2.24) is 0 Å². The summed E-state index contributed by atoms with van der Waals surface area (Å²) in [5.74, 6) is 0. The zero-order chi connectivity index (χ0) is 21.2. The van der Waals surface area contributed by atoms with E-state index >= 15 is 0 Å². The van der Waals surface area contributed by atoms with Crippen LogP contribution in [0.15, 0.2) is 66.9 Å². The van der Waals surface area contributed by atoms with Crippen LogP contribution in [0, 0.1) is 0 Å². The van der Waals surface area contributed by atoms with Gasteiger partial charge in [-0.1, -0.05) is 0 Å². The molecule has 0 saturated heterocycles. The van der Waals surface area contributed by atoms with E-state index < -0.39 is 14.7 Å². The first-order valence-corrected chi connectivity index (χ1v) is 14.0. The zero-order valence-corrected chi connectivity index (χ0v) is 22.1. The van der Waals surface area contributed by atoms with Crippen molar-refractivity contribution < 1.29 is 0 Å². The summed E-state index contributed by atoms with van der Waals surface area (Å²) in [6, 6.07) is 0. The molecule has 0 unspecified atom stereocenters. The third-order valence-electron chi connectivity index (χ3n) is 8.59. The molecule has 0 spiro atoms. The minimum absolute atomic E-state index is 0.690. The molecule has 0 atom stereocenters. The van der Waals surface area contributed by atoms with Crippen molar-refractivity contribution in [2.45, 2.75) is 97.2 Å². The van der Waals surface area contributed by atoms with E-state index in [4.69, 9.17) is 0 Å². The molecule has 152 valence electrons. The Morgan fingerprint density at radius 1 is 0.321 bits per heavy atom. The average Bonchev–Trinajstić information content (AvgIpc) is 3.06. The molecular weight excluding hydrogens is 399 g/mol.